The minimum atomic E-state index is 0.0258. The zero-order chi connectivity index (χ0) is 17.8. The number of rotatable bonds is 12. The number of hydrogen-bond donors (Lipinski definition) is 0. The van der Waals surface area contributed by atoms with E-state index in [0.717, 1.165) is 38.7 Å². The molecule has 1 atom stereocenters. The highest BCUT2D eigenvalue weighted by atomic mass is 16.7. The van der Waals surface area contributed by atoms with E-state index < -0.39 is 0 Å². The first-order chi connectivity index (χ1) is 12.4. The van der Waals surface area contributed by atoms with Crippen LogP contribution in [0.25, 0.3) is 0 Å². The molecule has 1 aliphatic heterocycles. The van der Waals surface area contributed by atoms with E-state index in [-0.39, 0.29) is 6.29 Å². The van der Waals surface area contributed by atoms with Crippen molar-refractivity contribution < 1.29 is 9.47 Å². The molecule has 0 aromatic carbocycles. The molecular weight excluding hydrogens is 308 g/mol. The van der Waals surface area contributed by atoms with E-state index in [4.69, 9.17) is 9.47 Å². The van der Waals surface area contributed by atoms with Gasteiger partial charge in [-0.05, 0) is 38.5 Å². The van der Waals surface area contributed by atoms with Crippen LogP contribution in [0.1, 0.15) is 103 Å². The third-order valence-corrected chi connectivity index (χ3v) is 4.43. The lowest BCUT2D eigenvalue weighted by atomic mass is 10.1. The Bertz CT molecular complexity index is 401. The topological polar surface area (TPSA) is 18.5 Å². The summed E-state index contributed by atoms with van der Waals surface area (Å²) >= 11 is 0. The minimum absolute atomic E-state index is 0.0258. The molecule has 1 saturated heterocycles. The molecule has 1 heterocycles. The molecule has 0 aliphatic carbocycles. The van der Waals surface area contributed by atoms with Gasteiger partial charge in [-0.15, -0.1) is 23.7 Å². The lowest BCUT2D eigenvalue weighted by Gasteiger charge is -2.22. The summed E-state index contributed by atoms with van der Waals surface area (Å²) in [6.45, 7) is 3.77. The zero-order valence-electron chi connectivity index (χ0n) is 16.4. The second-order valence-corrected chi connectivity index (χ2v) is 6.85. The first kappa shape index (κ1) is 22.1. The fourth-order valence-electron chi connectivity index (χ4n) is 2.84. The van der Waals surface area contributed by atoms with E-state index in [2.05, 4.69) is 30.6 Å². The summed E-state index contributed by atoms with van der Waals surface area (Å²) in [4.78, 5) is 0. The monoisotopic (exact) mass is 346 g/mol. The van der Waals surface area contributed by atoms with Gasteiger partial charge >= 0.3 is 0 Å². The molecule has 0 aromatic rings. The van der Waals surface area contributed by atoms with Gasteiger partial charge < -0.3 is 9.47 Å². The molecule has 0 saturated carbocycles. The summed E-state index contributed by atoms with van der Waals surface area (Å²) in [7, 11) is 0. The largest absolute Gasteiger partial charge is 0.353 e. The van der Waals surface area contributed by atoms with Crippen LogP contribution in [-0.4, -0.2) is 19.5 Å². The van der Waals surface area contributed by atoms with Gasteiger partial charge in [0.1, 0.15) is 0 Å². The molecule has 1 rings (SSSR count). The lowest BCUT2D eigenvalue weighted by molar-refractivity contribution is -0.161. The van der Waals surface area contributed by atoms with Crippen molar-refractivity contribution in [2.24, 2.45) is 0 Å². The van der Waals surface area contributed by atoms with E-state index in [1.54, 1.807) is 0 Å². The van der Waals surface area contributed by atoms with Crippen molar-refractivity contribution in [2.75, 3.05) is 13.2 Å². The van der Waals surface area contributed by atoms with Crippen molar-refractivity contribution in [3.05, 3.63) is 0 Å². The summed E-state index contributed by atoms with van der Waals surface area (Å²) in [5, 5.41) is 0. The molecule has 0 amide bonds. The molecule has 1 fully saturated rings. The normalized spacial score (nSPS) is 16.6. The fraction of sp³-hybridized carbons (Fsp3) is 0.826. The second kappa shape index (κ2) is 17.8. The van der Waals surface area contributed by atoms with Gasteiger partial charge in [-0.1, -0.05) is 39.0 Å². The molecule has 0 N–H and O–H groups in total. The highest BCUT2D eigenvalue weighted by molar-refractivity contribution is 4.99. The fourth-order valence-corrected chi connectivity index (χ4v) is 2.84. The quantitative estimate of drug-likeness (QED) is 0.308. The molecule has 0 spiro atoms. The molecule has 2 nitrogen and oxygen atoms in total. The van der Waals surface area contributed by atoms with Crippen molar-refractivity contribution in [2.45, 2.75) is 110 Å². The van der Waals surface area contributed by atoms with Crippen molar-refractivity contribution in [1.82, 2.24) is 0 Å². The van der Waals surface area contributed by atoms with Crippen LogP contribution in [0.3, 0.4) is 0 Å². The Balaban J connectivity index is 1.77. The molecule has 25 heavy (non-hydrogen) atoms. The molecule has 0 aromatic heterocycles. The van der Waals surface area contributed by atoms with Gasteiger partial charge in [0.2, 0.25) is 0 Å². The van der Waals surface area contributed by atoms with Gasteiger partial charge in [-0.3, -0.25) is 0 Å². The standard InChI is InChI=1S/C23H38O2/c1-2-3-4-5-6-7-8-9-10-11-12-13-14-15-16-18-21-24-23-20-17-19-22-25-23/h23H,2-4,7-14,17-22H2,1H3. The Labute approximate surface area is 156 Å². The summed E-state index contributed by atoms with van der Waals surface area (Å²) < 4.78 is 11.2. The SMILES string of the molecule is CCCCC#CCCCCCCCCC#CCCOC1CCCCO1. The maximum Gasteiger partial charge on any atom is 0.157 e. The van der Waals surface area contributed by atoms with Gasteiger partial charge in [-0.25, -0.2) is 0 Å². The number of hydrogen-bond acceptors (Lipinski definition) is 2. The van der Waals surface area contributed by atoms with E-state index >= 15 is 0 Å². The Hall–Kier alpha value is -0.960. The van der Waals surface area contributed by atoms with Crippen LogP contribution < -0.4 is 0 Å². The molecule has 2 heteroatoms. The highest BCUT2D eigenvalue weighted by Gasteiger charge is 2.12. The van der Waals surface area contributed by atoms with Crippen molar-refractivity contribution in [1.29, 1.82) is 0 Å². The van der Waals surface area contributed by atoms with Crippen LogP contribution in [0.15, 0.2) is 0 Å². The van der Waals surface area contributed by atoms with E-state index in [1.165, 1.54) is 64.2 Å². The highest BCUT2D eigenvalue weighted by Crippen LogP contribution is 2.13. The van der Waals surface area contributed by atoms with Crippen LogP contribution in [0.2, 0.25) is 0 Å². The Morgan fingerprint density at radius 1 is 0.760 bits per heavy atom. The lowest BCUT2D eigenvalue weighted by Crippen LogP contribution is -2.22. The third kappa shape index (κ3) is 15.0. The summed E-state index contributed by atoms with van der Waals surface area (Å²) in [5.41, 5.74) is 0. The van der Waals surface area contributed by atoms with Crippen LogP contribution in [0.5, 0.6) is 0 Å². The van der Waals surface area contributed by atoms with E-state index in [1.807, 2.05) is 0 Å². The van der Waals surface area contributed by atoms with Crippen molar-refractivity contribution in [3.8, 4) is 23.7 Å². The van der Waals surface area contributed by atoms with E-state index in [9.17, 15) is 0 Å². The van der Waals surface area contributed by atoms with Gasteiger partial charge in [0.05, 0.1) is 6.61 Å². The molecule has 1 aliphatic rings. The summed E-state index contributed by atoms with van der Waals surface area (Å²) in [6.07, 6.45) is 17.8. The first-order valence-corrected chi connectivity index (χ1v) is 10.6. The van der Waals surface area contributed by atoms with Gasteiger partial charge in [-0.2, -0.15) is 0 Å². The Morgan fingerprint density at radius 3 is 1.96 bits per heavy atom. The second-order valence-electron chi connectivity index (χ2n) is 6.85. The minimum Gasteiger partial charge on any atom is -0.353 e. The molecule has 0 bridgehead atoms. The zero-order valence-corrected chi connectivity index (χ0v) is 16.4. The number of ether oxygens (including phenoxy) is 2. The molecule has 1 unspecified atom stereocenters. The summed E-state index contributed by atoms with van der Waals surface area (Å²) in [6, 6.07) is 0. The Morgan fingerprint density at radius 2 is 1.36 bits per heavy atom. The van der Waals surface area contributed by atoms with Gasteiger partial charge in [0.25, 0.3) is 0 Å². The maximum atomic E-state index is 5.67. The van der Waals surface area contributed by atoms with Gasteiger partial charge in [0, 0.05) is 32.3 Å². The molecule has 142 valence electrons. The van der Waals surface area contributed by atoms with Crippen LogP contribution in [0, 0.1) is 23.7 Å². The summed E-state index contributed by atoms with van der Waals surface area (Å²) in [5.74, 6) is 13.0. The van der Waals surface area contributed by atoms with E-state index in [0.29, 0.717) is 6.61 Å². The molecule has 0 radical (unpaired) electrons. The predicted molar refractivity (Wildman–Crippen MR) is 106 cm³/mol. The van der Waals surface area contributed by atoms with Crippen LogP contribution in [-0.2, 0) is 9.47 Å². The maximum absolute atomic E-state index is 5.67. The Kier molecular flexibility index (Phi) is 15.8. The average Bonchev–Trinajstić information content (AvgIpc) is 2.65. The molecular formula is C23H38O2. The smallest absolute Gasteiger partial charge is 0.157 e. The van der Waals surface area contributed by atoms with Gasteiger partial charge in [0.15, 0.2) is 6.29 Å². The average molecular weight is 347 g/mol. The predicted octanol–water partition coefficient (Wildman–Crippen LogP) is 6.24. The van der Waals surface area contributed by atoms with Crippen molar-refractivity contribution in [3.63, 3.8) is 0 Å². The van der Waals surface area contributed by atoms with Crippen LogP contribution >= 0.6 is 0 Å². The van der Waals surface area contributed by atoms with Crippen molar-refractivity contribution >= 4 is 0 Å². The third-order valence-electron chi connectivity index (χ3n) is 4.43. The van der Waals surface area contributed by atoms with Crippen LogP contribution in [0.4, 0.5) is 0 Å². The first-order valence-electron chi connectivity index (χ1n) is 10.6. The number of unbranched alkanes of at least 4 members (excludes halogenated alkanes) is 9.